The van der Waals surface area contributed by atoms with Crippen molar-refractivity contribution in [3.8, 4) is 0 Å². The van der Waals surface area contributed by atoms with Crippen LogP contribution in [-0.4, -0.2) is 11.4 Å². The van der Waals surface area contributed by atoms with E-state index >= 15 is 0 Å². The van der Waals surface area contributed by atoms with E-state index in [1.807, 2.05) is 51.1 Å². The maximum Gasteiger partial charge on any atom is 0.159 e. The third-order valence-corrected chi connectivity index (χ3v) is 3.04. The van der Waals surface area contributed by atoms with Gasteiger partial charge in [0.25, 0.3) is 0 Å². The number of hydrogen-bond acceptors (Lipinski definition) is 2. The van der Waals surface area contributed by atoms with Gasteiger partial charge in [0.05, 0.1) is 12.2 Å². The van der Waals surface area contributed by atoms with E-state index in [4.69, 9.17) is 4.74 Å². The van der Waals surface area contributed by atoms with Crippen molar-refractivity contribution in [2.24, 2.45) is 0 Å². The smallest absolute Gasteiger partial charge is 0.159 e. The molecule has 0 bridgehead atoms. The molecule has 2 aromatic carbocycles. The van der Waals surface area contributed by atoms with Crippen LogP contribution >= 0.6 is 0 Å². The molecule has 0 amide bonds. The first-order chi connectivity index (χ1) is 8.87. The molecule has 2 rings (SSSR count). The van der Waals surface area contributed by atoms with E-state index < -0.39 is 0 Å². The molecule has 0 saturated heterocycles. The zero-order chi connectivity index (χ0) is 14.0. The molecule has 2 heteroatoms. The topological polar surface area (TPSA) is 26.3 Å². The Morgan fingerprint density at radius 1 is 1.16 bits per heavy atom. The summed E-state index contributed by atoms with van der Waals surface area (Å²) < 4.78 is 5.83. The summed E-state index contributed by atoms with van der Waals surface area (Å²) in [6, 6.07) is 11.9. The Hall–Kier alpha value is -1.67. The van der Waals surface area contributed by atoms with E-state index in [0.29, 0.717) is 6.61 Å². The Balaban J connectivity index is 2.38. The van der Waals surface area contributed by atoms with Gasteiger partial charge in [0.15, 0.2) is 5.78 Å². The van der Waals surface area contributed by atoms with Crippen LogP contribution in [-0.2, 0) is 11.3 Å². The van der Waals surface area contributed by atoms with Crippen LogP contribution in [0.4, 0.5) is 0 Å². The second-order valence-electron chi connectivity index (χ2n) is 5.81. The lowest BCUT2D eigenvalue weighted by atomic mass is 10.0. The third-order valence-electron chi connectivity index (χ3n) is 3.04. The number of rotatable bonds is 3. The first-order valence-electron chi connectivity index (χ1n) is 6.53. The van der Waals surface area contributed by atoms with E-state index in [2.05, 4.69) is 6.07 Å². The maximum atomic E-state index is 11.4. The van der Waals surface area contributed by atoms with Gasteiger partial charge in [0, 0.05) is 5.56 Å². The molecule has 0 spiro atoms. The first kappa shape index (κ1) is 13.8. The van der Waals surface area contributed by atoms with Gasteiger partial charge >= 0.3 is 0 Å². The van der Waals surface area contributed by atoms with Crippen LogP contribution in [0, 0.1) is 0 Å². The zero-order valence-corrected chi connectivity index (χ0v) is 12.0. The van der Waals surface area contributed by atoms with Gasteiger partial charge < -0.3 is 4.74 Å². The van der Waals surface area contributed by atoms with E-state index in [1.54, 1.807) is 6.92 Å². The number of Topliss-reactive ketones (excluding diaryl/α,β-unsaturated/α-hetero) is 1. The summed E-state index contributed by atoms with van der Waals surface area (Å²) >= 11 is 0. The predicted octanol–water partition coefficient (Wildman–Crippen LogP) is 4.36. The lowest BCUT2D eigenvalue weighted by molar-refractivity contribution is -0.0144. The van der Waals surface area contributed by atoms with Crippen molar-refractivity contribution < 1.29 is 9.53 Å². The number of benzene rings is 2. The molecule has 0 aliphatic carbocycles. The number of carbonyl (C=O) groups is 1. The molecule has 0 aliphatic rings. The van der Waals surface area contributed by atoms with Gasteiger partial charge in [-0.25, -0.2) is 0 Å². The van der Waals surface area contributed by atoms with E-state index in [9.17, 15) is 4.79 Å². The highest BCUT2D eigenvalue weighted by Crippen LogP contribution is 2.23. The molecule has 0 unspecified atom stereocenters. The fourth-order valence-electron chi connectivity index (χ4n) is 1.99. The normalized spacial score (nSPS) is 11.8. The molecule has 0 radical (unpaired) electrons. The van der Waals surface area contributed by atoms with Crippen LogP contribution in [0.15, 0.2) is 36.4 Å². The minimum absolute atomic E-state index is 0.0956. The van der Waals surface area contributed by atoms with Crippen molar-refractivity contribution in [3.63, 3.8) is 0 Å². The van der Waals surface area contributed by atoms with Crippen molar-refractivity contribution in [1.29, 1.82) is 0 Å². The zero-order valence-electron chi connectivity index (χ0n) is 12.0. The minimum atomic E-state index is -0.151. The lowest BCUT2D eigenvalue weighted by Gasteiger charge is -2.20. The molecule has 100 valence electrons. The molecule has 0 atom stereocenters. The van der Waals surface area contributed by atoms with Gasteiger partial charge in [0.2, 0.25) is 0 Å². The van der Waals surface area contributed by atoms with Crippen molar-refractivity contribution in [3.05, 3.63) is 47.5 Å². The average Bonchev–Trinajstić information content (AvgIpc) is 2.34. The van der Waals surface area contributed by atoms with E-state index in [1.165, 1.54) is 0 Å². The standard InChI is InChI=1S/C17H20O2/c1-12(18)13-8-9-16-14(10-13)6-5-7-15(16)11-19-17(2,3)4/h5-10H,11H2,1-4H3. The molecule has 0 aromatic heterocycles. The molecule has 2 nitrogen and oxygen atoms in total. The molecule has 19 heavy (non-hydrogen) atoms. The Morgan fingerprint density at radius 2 is 1.89 bits per heavy atom. The molecule has 0 aliphatic heterocycles. The highest BCUT2D eigenvalue weighted by atomic mass is 16.5. The van der Waals surface area contributed by atoms with Gasteiger partial charge in [-0.2, -0.15) is 0 Å². The molecule has 0 fully saturated rings. The van der Waals surface area contributed by atoms with E-state index in [-0.39, 0.29) is 11.4 Å². The summed E-state index contributed by atoms with van der Waals surface area (Å²) in [4.78, 5) is 11.4. The molecule has 0 saturated carbocycles. The number of fused-ring (bicyclic) bond motifs is 1. The number of ether oxygens (including phenoxy) is 1. The minimum Gasteiger partial charge on any atom is -0.371 e. The predicted molar refractivity (Wildman–Crippen MR) is 78.5 cm³/mol. The summed E-state index contributed by atoms with van der Waals surface area (Å²) in [6.45, 7) is 8.32. The van der Waals surface area contributed by atoms with Gasteiger partial charge in [-0.05, 0) is 50.1 Å². The maximum absolute atomic E-state index is 11.4. The van der Waals surface area contributed by atoms with Crippen molar-refractivity contribution in [2.75, 3.05) is 0 Å². The SMILES string of the molecule is CC(=O)c1ccc2c(COC(C)(C)C)cccc2c1. The van der Waals surface area contributed by atoms with Crippen LogP contribution in [0.5, 0.6) is 0 Å². The number of carbonyl (C=O) groups excluding carboxylic acids is 1. The lowest BCUT2D eigenvalue weighted by Crippen LogP contribution is -2.18. The fourth-order valence-corrected chi connectivity index (χ4v) is 1.99. The first-order valence-corrected chi connectivity index (χ1v) is 6.53. The third kappa shape index (κ3) is 3.42. The summed E-state index contributed by atoms with van der Waals surface area (Å²) in [6.07, 6.45) is 0. The Kier molecular flexibility index (Phi) is 3.72. The number of hydrogen-bond donors (Lipinski definition) is 0. The molecule has 0 heterocycles. The average molecular weight is 256 g/mol. The molecule has 2 aromatic rings. The Labute approximate surface area is 114 Å². The largest absolute Gasteiger partial charge is 0.371 e. The van der Waals surface area contributed by atoms with Gasteiger partial charge in [-0.3, -0.25) is 4.79 Å². The van der Waals surface area contributed by atoms with Gasteiger partial charge in [0.1, 0.15) is 0 Å². The molecular formula is C17H20O2. The Bertz CT molecular complexity index is 606. The monoisotopic (exact) mass is 256 g/mol. The second kappa shape index (κ2) is 5.14. The quantitative estimate of drug-likeness (QED) is 0.763. The van der Waals surface area contributed by atoms with Crippen LogP contribution in [0.1, 0.15) is 43.6 Å². The van der Waals surface area contributed by atoms with Crippen LogP contribution in [0.25, 0.3) is 10.8 Å². The number of ketones is 1. The Morgan fingerprint density at radius 3 is 2.53 bits per heavy atom. The van der Waals surface area contributed by atoms with Crippen molar-refractivity contribution >= 4 is 16.6 Å². The summed E-state index contributed by atoms with van der Waals surface area (Å²) in [5.41, 5.74) is 1.76. The van der Waals surface area contributed by atoms with Crippen molar-refractivity contribution in [1.82, 2.24) is 0 Å². The highest BCUT2D eigenvalue weighted by molar-refractivity contribution is 5.99. The summed E-state index contributed by atoms with van der Waals surface area (Å²) in [5, 5.41) is 2.24. The van der Waals surface area contributed by atoms with Crippen LogP contribution < -0.4 is 0 Å². The van der Waals surface area contributed by atoms with Crippen molar-refractivity contribution in [2.45, 2.75) is 39.9 Å². The summed E-state index contributed by atoms with van der Waals surface area (Å²) in [5.74, 6) is 0.0956. The fraction of sp³-hybridized carbons (Fsp3) is 0.353. The van der Waals surface area contributed by atoms with Crippen LogP contribution in [0.2, 0.25) is 0 Å². The summed E-state index contributed by atoms with van der Waals surface area (Å²) in [7, 11) is 0. The van der Waals surface area contributed by atoms with Gasteiger partial charge in [-0.1, -0.05) is 30.3 Å². The van der Waals surface area contributed by atoms with Gasteiger partial charge in [-0.15, -0.1) is 0 Å². The van der Waals surface area contributed by atoms with E-state index in [0.717, 1.165) is 21.9 Å². The molecule has 0 N–H and O–H groups in total. The molecular weight excluding hydrogens is 236 g/mol. The second-order valence-corrected chi connectivity index (χ2v) is 5.81. The van der Waals surface area contributed by atoms with Crippen LogP contribution in [0.3, 0.4) is 0 Å². The highest BCUT2D eigenvalue weighted by Gasteiger charge is 2.11.